The molecule has 0 unspecified atom stereocenters. The standard InChI is InChI=1S/C7H5BrClNO3/c1-13-6-4(9)3(8)2-10-5(6)7(11)12/h2H,1H3,(H,11,12). The third kappa shape index (κ3) is 1.92. The minimum absolute atomic E-state index is 0.0588. The number of hydrogen-bond acceptors (Lipinski definition) is 3. The molecule has 0 aliphatic carbocycles. The van der Waals surface area contributed by atoms with E-state index >= 15 is 0 Å². The summed E-state index contributed by atoms with van der Waals surface area (Å²) in [5.41, 5.74) is -0.198. The van der Waals surface area contributed by atoms with Crippen molar-refractivity contribution < 1.29 is 14.6 Å². The molecule has 4 nitrogen and oxygen atoms in total. The third-order valence-corrected chi connectivity index (χ3v) is 2.54. The lowest BCUT2D eigenvalue weighted by molar-refractivity contribution is 0.0686. The van der Waals surface area contributed by atoms with Gasteiger partial charge in [-0.1, -0.05) is 11.6 Å². The summed E-state index contributed by atoms with van der Waals surface area (Å²) in [5.74, 6) is -1.12. The van der Waals surface area contributed by atoms with Crippen LogP contribution in [0.5, 0.6) is 5.75 Å². The highest BCUT2D eigenvalue weighted by Crippen LogP contribution is 2.33. The van der Waals surface area contributed by atoms with Crippen LogP contribution in [0.3, 0.4) is 0 Å². The van der Waals surface area contributed by atoms with Gasteiger partial charge >= 0.3 is 5.97 Å². The van der Waals surface area contributed by atoms with Gasteiger partial charge in [0.15, 0.2) is 11.4 Å². The smallest absolute Gasteiger partial charge is 0.358 e. The molecule has 0 bridgehead atoms. The van der Waals surface area contributed by atoms with E-state index in [0.717, 1.165) is 0 Å². The van der Waals surface area contributed by atoms with Crippen LogP contribution < -0.4 is 4.74 Å². The molecule has 13 heavy (non-hydrogen) atoms. The first-order valence-electron chi connectivity index (χ1n) is 3.19. The Balaban J connectivity index is 3.38. The summed E-state index contributed by atoms with van der Waals surface area (Å²) >= 11 is 8.87. The second-order valence-electron chi connectivity index (χ2n) is 2.11. The van der Waals surface area contributed by atoms with Gasteiger partial charge in [-0.3, -0.25) is 0 Å². The average Bonchev–Trinajstić information content (AvgIpc) is 2.09. The van der Waals surface area contributed by atoms with Crippen molar-refractivity contribution in [2.75, 3.05) is 7.11 Å². The molecule has 0 aliphatic heterocycles. The predicted molar refractivity (Wildman–Crippen MR) is 50.5 cm³/mol. The zero-order valence-electron chi connectivity index (χ0n) is 6.54. The summed E-state index contributed by atoms with van der Waals surface area (Å²) in [6.45, 7) is 0. The minimum atomic E-state index is -1.17. The van der Waals surface area contributed by atoms with Crippen LogP contribution in [0.25, 0.3) is 0 Å². The Morgan fingerprint density at radius 2 is 2.38 bits per heavy atom. The van der Waals surface area contributed by atoms with Crippen molar-refractivity contribution in [2.45, 2.75) is 0 Å². The van der Waals surface area contributed by atoms with E-state index in [4.69, 9.17) is 21.4 Å². The maximum absolute atomic E-state index is 10.6. The summed E-state index contributed by atoms with van der Waals surface area (Å²) in [6.07, 6.45) is 1.31. The van der Waals surface area contributed by atoms with Crippen LogP contribution in [0, 0.1) is 0 Å². The molecular formula is C7H5BrClNO3. The second kappa shape index (κ2) is 3.93. The number of aromatic nitrogens is 1. The van der Waals surface area contributed by atoms with E-state index in [1.54, 1.807) is 0 Å². The molecule has 0 atom stereocenters. The zero-order chi connectivity index (χ0) is 10.0. The van der Waals surface area contributed by atoms with E-state index in [1.807, 2.05) is 0 Å². The number of hydrogen-bond donors (Lipinski definition) is 1. The molecular weight excluding hydrogens is 261 g/mol. The Labute approximate surface area is 87.6 Å². The number of methoxy groups -OCH3 is 1. The Kier molecular flexibility index (Phi) is 3.11. The lowest BCUT2D eigenvalue weighted by Crippen LogP contribution is -2.04. The highest BCUT2D eigenvalue weighted by atomic mass is 79.9. The van der Waals surface area contributed by atoms with E-state index < -0.39 is 5.97 Å². The number of rotatable bonds is 2. The third-order valence-electron chi connectivity index (χ3n) is 1.34. The maximum Gasteiger partial charge on any atom is 0.358 e. The van der Waals surface area contributed by atoms with Gasteiger partial charge in [0.2, 0.25) is 0 Å². The number of halogens is 2. The average molecular weight is 266 g/mol. The molecule has 0 saturated carbocycles. The number of carboxylic acid groups (broad SMARTS) is 1. The lowest BCUT2D eigenvalue weighted by atomic mass is 10.3. The second-order valence-corrected chi connectivity index (χ2v) is 3.34. The van der Waals surface area contributed by atoms with Crippen LogP contribution in [0.2, 0.25) is 5.02 Å². The van der Waals surface area contributed by atoms with Crippen molar-refractivity contribution in [1.29, 1.82) is 0 Å². The fourth-order valence-electron chi connectivity index (χ4n) is 0.788. The van der Waals surface area contributed by atoms with Crippen molar-refractivity contribution in [1.82, 2.24) is 4.98 Å². The van der Waals surface area contributed by atoms with Gasteiger partial charge in [0, 0.05) is 6.20 Å². The van der Waals surface area contributed by atoms with Gasteiger partial charge in [-0.2, -0.15) is 0 Å². The molecule has 1 rings (SSSR count). The van der Waals surface area contributed by atoms with Gasteiger partial charge < -0.3 is 9.84 Å². The number of carbonyl (C=O) groups is 1. The summed E-state index contributed by atoms with van der Waals surface area (Å²) in [5, 5.41) is 8.90. The van der Waals surface area contributed by atoms with Crippen LogP contribution in [0.4, 0.5) is 0 Å². The van der Waals surface area contributed by atoms with Gasteiger partial charge in [-0.05, 0) is 15.9 Å². The number of carboxylic acids is 1. The highest BCUT2D eigenvalue weighted by Gasteiger charge is 2.17. The summed E-state index contributed by atoms with van der Waals surface area (Å²) in [6, 6.07) is 0. The molecule has 1 aromatic rings. The summed E-state index contributed by atoms with van der Waals surface area (Å²) in [7, 11) is 1.34. The van der Waals surface area contributed by atoms with Crippen LogP contribution in [0.15, 0.2) is 10.7 Å². The van der Waals surface area contributed by atoms with E-state index in [2.05, 4.69) is 20.9 Å². The van der Waals surface area contributed by atoms with E-state index in [0.29, 0.717) is 4.47 Å². The van der Waals surface area contributed by atoms with Crippen molar-refractivity contribution in [3.8, 4) is 5.75 Å². The first kappa shape index (κ1) is 10.3. The fraction of sp³-hybridized carbons (Fsp3) is 0.143. The van der Waals surface area contributed by atoms with E-state index in [-0.39, 0.29) is 16.5 Å². The van der Waals surface area contributed by atoms with E-state index in [1.165, 1.54) is 13.3 Å². The molecule has 0 spiro atoms. The Morgan fingerprint density at radius 3 is 2.85 bits per heavy atom. The van der Waals surface area contributed by atoms with Gasteiger partial charge in [0.25, 0.3) is 0 Å². The Hall–Kier alpha value is -0.810. The fourth-order valence-corrected chi connectivity index (χ4v) is 1.29. The first-order valence-corrected chi connectivity index (χ1v) is 4.36. The molecule has 0 aromatic carbocycles. The maximum atomic E-state index is 10.6. The van der Waals surface area contributed by atoms with E-state index in [9.17, 15) is 4.79 Å². The molecule has 1 heterocycles. The molecule has 0 fully saturated rings. The van der Waals surface area contributed by atoms with Crippen molar-refractivity contribution in [3.63, 3.8) is 0 Å². The van der Waals surface area contributed by atoms with Crippen LogP contribution in [-0.4, -0.2) is 23.2 Å². The number of aromatic carboxylic acids is 1. The summed E-state index contributed by atoms with van der Waals surface area (Å²) < 4.78 is 5.31. The number of pyridine rings is 1. The van der Waals surface area contributed by atoms with Crippen molar-refractivity contribution >= 4 is 33.5 Å². The minimum Gasteiger partial charge on any atom is -0.493 e. The molecule has 1 N–H and O–H groups in total. The van der Waals surface area contributed by atoms with Crippen LogP contribution in [0.1, 0.15) is 10.5 Å². The molecule has 1 aromatic heterocycles. The summed E-state index contributed by atoms with van der Waals surface area (Å²) in [4.78, 5) is 14.3. The molecule has 0 aliphatic rings. The van der Waals surface area contributed by atoms with Crippen molar-refractivity contribution in [2.24, 2.45) is 0 Å². The van der Waals surface area contributed by atoms with Gasteiger partial charge in [-0.15, -0.1) is 0 Å². The molecule has 0 saturated heterocycles. The monoisotopic (exact) mass is 265 g/mol. The van der Waals surface area contributed by atoms with Crippen LogP contribution >= 0.6 is 27.5 Å². The SMILES string of the molecule is COc1c(C(=O)O)ncc(Br)c1Cl. The first-order chi connectivity index (χ1) is 6.07. The Bertz CT molecular complexity index is 356. The van der Waals surface area contributed by atoms with Gasteiger partial charge in [0.05, 0.1) is 11.6 Å². The number of nitrogens with zero attached hydrogens (tertiary/aromatic N) is 1. The van der Waals surface area contributed by atoms with Gasteiger partial charge in [0.1, 0.15) is 5.02 Å². The number of ether oxygens (including phenoxy) is 1. The Morgan fingerprint density at radius 1 is 1.77 bits per heavy atom. The van der Waals surface area contributed by atoms with Crippen LogP contribution in [-0.2, 0) is 0 Å². The topological polar surface area (TPSA) is 59.4 Å². The molecule has 6 heteroatoms. The zero-order valence-corrected chi connectivity index (χ0v) is 8.89. The highest BCUT2D eigenvalue weighted by molar-refractivity contribution is 9.10. The van der Waals surface area contributed by atoms with Crippen molar-refractivity contribution in [3.05, 3.63) is 21.4 Å². The molecule has 0 radical (unpaired) electrons. The lowest BCUT2D eigenvalue weighted by Gasteiger charge is -2.06. The largest absolute Gasteiger partial charge is 0.493 e. The molecule has 0 amide bonds. The molecule has 70 valence electrons. The quantitative estimate of drug-likeness (QED) is 0.891. The predicted octanol–water partition coefficient (Wildman–Crippen LogP) is 2.20. The normalized spacial score (nSPS) is 9.77. The van der Waals surface area contributed by atoms with Gasteiger partial charge in [-0.25, -0.2) is 9.78 Å².